The predicted molar refractivity (Wildman–Crippen MR) is 118 cm³/mol. The van der Waals surface area contributed by atoms with Crippen molar-refractivity contribution in [1.29, 1.82) is 0 Å². The first kappa shape index (κ1) is 20.2. The number of carbonyl (C=O) groups excluding carboxylic acids is 1. The topological polar surface area (TPSA) is 65.7 Å². The van der Waals surface area contributed by atoms with Crippen molar-refractivity contribution in [2.24, 2.45) is 0 Å². The van der Waals surface area contributed by atoms with E-state index in [0.717, 1.165) is 0 Å². The molecule has 0 unspecified atom stereocenters. The van der Waals surface area contributed by atoms with Gasteiger partial charge in [-0.25, -0.2) is 4.79 Å². The fraction of sp³-hybridized carbons (Fsp3) is 0.0435. The standard InChI is InChI=1S/C23H14BrClO5/c1-13-22(30-19-9-5-3-7-17(19)24)21(26)16-11-10-14(12-20(16)28-13)29-23(27)15-6-2-4-8-18(15)25/h2-12H,1H3. The van der Waals surface area contributed by atoms with E-state index in [9.17, 15) is 9.59 Å². The maximum atomic E-state index is 12.9. The maximum Gasteiger partial charge on any atom is 0.345 e. The van der Waals surface area contributed by atoms with Crippen molar-refractivity contribution < 1.29 is 18.7 Å². The monoisotopic (exact) mass is 484 g/mol. The minimum Gasteiger partial charge on any atom is -0.457 e. The van der Waals surface area contributed by atoms with E-state index in [2.05, 4.69) is 15.9 Å². The smallest absolute Gasteiger partial charge is 0.345 e. The second-order valence-corrected chi connectivity index (χ2v) is 7.64. The van der Waals surface area contributed by atoms with Crippen molar-refractivity contribution in [3.63, 3.8) is 0 Å². The molecule has 0 spiro atoms. The molecule has 0 saturated carbocycles. The number of hydrogen-bond donors (Lipinski definition) is 0. The molecule has 0 fully saturated rings. The first-order chi connectivity index (χ1) is 14.4. The van der Waals surface area contributed by atoms with Gasteiger partial charge in [-0.05, 0) is 59.3 Å². The van der Waals surface area contributed by atoms with Gasteiger partial charge in [-0.3, -0.25) is 4.79 Å². The summed E-state index contributed by atoms with van der Waals surface area (Å²) < 4.78 is 17.7. The van der Waals surface area contributed by atoms with Crippen LogP contribution in [-0.2, 0) is 0 Å². The van der Waals surface area contributed by atoms with Gasteiger partial charge in [0, 0.05) is 6.07 Å². The zero-order valence-electron chi connectivity index (χ0n) is 15.6. The van der Waals surface area contributed by atoms with Gasteiger partial charge in [0.15, 0.2) is 0 Å². The second kappa shape index (κ2) is 8.34. The van der Waals surface area contributed by atoms with Crippen LogP contribution in [0.5, 0.6) is 17.2 Å². The van der Waals surface area contributed by atoms with E-state index in [4.69, 9.17) is 25.5 Å². The minimum absolute atomic E-state index is 0.0928. The SMILES string of the molecule is Cc1oc2cc(OC(=O)c3ccccc3Cl)ccc2c(=O)c1Oc1ccccc1Br. The Bertz CT molecular complexity index is 1330. The largest absolute Gasteiger partial charge is 0.457 e. The summed E-state index contributed by atoms with van der Waals surface area (Å²) >= 11 is 9.43. The summed E-state index contributed by atoms with van der Waals surface area (Å²) in [5, 5.41) is 0.597. The van der Waals surface area contributed by atoms with Crippen LogP contribution in [0.2, 0.25) is 5.02 Å². The van der Waals surface area contributed by atoms with Crippen molar-refractivity contribution in [3.8, 4) is 17.2 Å². The van der Waals surface area contributed by atoms with Gasteiger partial charge >= 0.3 is 5.97 Å². The highest BCUT2D eigenvalue weighted by Crippen LogP contribution is 2.31. The van der Waals surface area contributed by atoms with Gasteiger partial charge in [0.05, 0.1) is 20.4 Å². The first-order valence-electron chi connectivity index (χ1n) is 8.90. The Morgan fingerprint density at radius 1 is 1.03 bits per heavy atom. The van der Waals surface area contributed by atoms with Gasteiger partial charge in [0.25, 0.3) is 0 Å². The molecule has 5 nitrogen and oxygen atoms in total. The van der Waals surface area contributed by atoms with E-state index in [0.29, 0.717) is 26.4 Å². The number of carbonyl (C=O) groups is 1. The van der Waals surface area contributed by atoms with Gasteiger partial charge in [-0.15, -0.1) is 0 Å². The number of esters is 1. The number of ether oxygens (including phenoxy) is 2. The predicted octanol–water partition coefficient (Wildman–Crippen LogP) is 6.53. The van der Waals surface area contributed by atoms with Gasteiger partial charge in [0.2, 0.25) is 11.2 Å². The van der Waals surface area contributed by atoms with Gasteiger partial charge in [0.1, 0.15) is 22.8 Å². The maximum absolute atomic E-state index is 12.9. The molecule has 1 heterocycles. The molecule has 4 aromatic rings. The number of halogens is 2. The molecule has 0 bridgehead atoms. The summed E-state index contributed by atoms with van der Waals surface area (Å²) in [6.45, 7) is 1.63. The highest BCUT2D eigenvalue weighted by Gasteiger charge is 2.17. The lowest BCUT2D eigenvalue weighted by Gasteiger charge is -2.11. The molecule has 0 atom stereocenters. The summed E-state index contributed by atoms with van der Waals surface area (Å²) in [5.41, 5.74) is 0.198. The molecule has 0 saturated heterocycles. The molecule has 1 aromatic heterocycles. The molecule has 0 radical (unpaired) electrons. The Morgan fingerprint density at radius 2 is 1.77 bits per heavy atom. The number of benzene rings is 3. The third-order valence-corrected chi connectivity index (χ3v) is 5.32. The van der Waals surface area contributed by atoms with Crippen LogP contribution in [0.3, 0.4) is 0 Å². The van der Waals surface area contributed by atoms with Crippen molar-refractivity contribution in [1.82, 2.24) is 0 Å². The lowest BCUT2D eigenvalue weighted by Crippen LogP contribution is -2.10. The van der Waals surface area contributed by atoms with Gasteiger partial charge in [-0.1, -0.05) is 35.9 Å². The highest BCUT2D eigenvalue weighted by atomic mass is 79.9. The third kappa shape index (κ3) is 3.97. The number of fused-ring (bicyclic) bond motifs is 1. The van der Waals surface area contributed by atoms with E-state index in [-0.39, 0.29) is 28.1 Å². The van der Waals surface area contributed by atoms with Crippen LogP contribution in [-0.4, -0.2) is 5.97 Å². The van der Waals surface area contributed by atoms with Crippen molar-refractivity contribution in [2.75, 3.05) is 0 Å². The molecule has 0 aliphatic rings. The van der Waals surface area contributed by atoms with Crippen LogP contribution in [0.25, 0.3) is 11.0 Å². The molecular formula is C23H14BrClO5. The Kier molecular flexibility index (Phi) is 5.61. The molecule has 0 amide bonds. The normalized spacial score (nSPS) is 10.8. The van der Waals surface area contributed by atoms with Crippen LogP contribution >= 0.6 is 27.5 Å². The van der Waals surface area contributed by atoms with Crippen LogP contribution in [0, 0.1) is 6.92 Å². The van der Waals surface area contributed by atoms with E-state index >= 15 is 0 Å². The number of para-hydroxylation sites is 1. The Hall–Kier alpha value is -3.09. The lowest BCUT2D eigenvalue weighted by atomic mass is 10.2. The highest BCUT2D eigenvalue weighted by molar-refractivity contribution is 9.10. The quantitative estimate of drug-likeness (QED) is 0.243. The Morgan fingerprint density at radius 3 is 2.53 bits per heavy atom. The number of hydrogen-bond acceptors (Lipinski definition) is 5. The van der Waals surface area contributed by atoms with E-state index in [1.54, 1.807) is 43.3 Å². The average molecular weight is 486 g/mol. The lowest BCUT2D eigenvalue weighted by molar-refractivity contribution is 0.0735. The van der Waals surface area contributed by atoms with Crippen LogP contribution in [0.15, 0.2) is 80.4 Å². The third-order valence-electron chi connectivity index (χ3n) is 4.34. The van der Waals surface area contributed by atoms with Crippen LogP contribution in [0.1, 0.15) is 16.1 Å². The minimum atomic E-state index is -0.604. The molecular weight excluding hydrogens is 472 g/mol. The van der Waals surface area contributed by atoms with E-state index < -0.39 is 5.97 Å². The average Bonchev–Trinajstić information content (AvgIpc) is 2.72. The van der Waals surface area contributed by atoms with E-state index in [1.807, 2.05) is 12.1 Å². The number of aryl methyl sites for hydroxylation is 1. The first-order valence-corrected chi connectivity index (χ1v) is 10.1. The molecule has 3 aromatic carbocycles. The summed E-state index contributed by atoms with van der Waals surface area (Å²) in [6, 6.07) is 18.3. The fourth-order valence-corrected chi connectivity index (χ4v) is 3.45. The molecule has 0 N–H and O–H groups in total. The second-order valence-electron chi connectivity index (χ2n) is 6.38. The molecule has 30 heavy (non-hydrogen) atoms. The van der Waals surface area contributed by atoms with Crippen LogP contribution in [0.4, 0.5) is 0 Å². The summed E-state index contributed by atoms with van der Waals surface area (Å²) in [6.07, 6.45) is 0. The van der Waals surface area contributed by atoms with Crippen molar-refractivity contribution >= 4 is 44.5 Å². The molecule has 150 valence electrons. The molecule has 0 aliphatic carbocycles. The molecule has 7 heteroatoms. The summed E-state index contributed by atoms with van der Waals surface area (Å²) in [5.74, 6) is 0.521. The van der Waals surface area contributed by atoms with Crippen LogP contribution < -0.4 is 14.9 Å². The van der Waals surface area contributed by atoms with Gasteiger partial charge < -0.3 is 13.9 Å². The summed E-state index contributed by atoms with van der Waals surface area (Å²) in [7, 11) is 0. The Labute approximate surface area is 184 Å². The van der Waals surface area contributed by atoms with Crippen molar-refractivity contribution in [2.45, 2.75) is 6.92 Å². The van der Waals surface area contributed by atoms with Crippen molar-refractivity contribution in [3.05, 3.63) is 97.8 Å². The van der Waals surface area contributed by atoms with E-state index in [1.165, 1.54) is 18.2 Å². The molecule has 0 aliphatic heterocycles. The Balaban J connectivity index is 1.68. The summed E-state index contributed by atoms with van der Waals surface area (Å²) in [4.78, 5) is 25.3. The zero-order valence-corrected chi connectivity index (χ0v) is 18.0. The van der Waals surface area contributed by atoms with Gasteiger partial charge in [-0.2, -0.15) is 0 Å². The zero-order chi connectivity index (χ0) is 21.3. The molecule has 4 rings (SSSR count). The fourth-order valence-electron chi connectivity index (χ4n) is 2.88. The number of rotatable bonds is 4.